The standard InChI is InChI=1S/C30H35ClFN3O4/c1-18(2)33-27(36)17-21-14-20-15-23(38-22-10-12-35(13-11-22)29(37)39-30(3,4)5)7-9-26(20)34-28(21)19-6-8-25(32)24(31)16-19/h6-9,14-16,18,22H,10-13,17H2,1-5H3,(H,33,36). The second-order valence-electron chi connectivity index (χ2n) is 11.2. The van der Waals surface area contributed by atoms with Crippen molar-refractivity contribution in [2.75, 3.05) is 13.1 Å². The van der Waals surface area contributed by atoms with E-state index in [1.165, 1.54) is 12.1 Å². The number of benzene rings is 2. The second kappa shape index (κ2) is 11.8. The van der Waals surface area contributed by atoms with Gasteiger partial charge in [0.05, 0.1) is 22.7 Å². The van der Waals surface area contributed by atoms with Gasteiger partial charge in [-0.05, 0) is 82.6 Å². The predicted molar refractivity (Wildman–Crippen MR) is 151 cm³/mol. The van der Waals surface area contributed by atoms with Gasteiger partial charge in [0.15, 0.2) is 0 Å². The zero-order valence-electron chi connectivity index (χ0n) is 23.0. The van der Waals surface area contributed by atoms with E-state index in [9.17, 15) is 14.0 Å². The van der Waals surface area contributed by atoms with Crippen LogP contribution in [-0.4, -0.2) is 52.7 Å². The predicted octanol–water partition coefficient (Wildman–Crippen LogP) is 6.54. The van der Waals surface area contributed by atoms with Gasteiger partial charge in [0, 0.05) is 42.9 Å². The van der Waals surface area contributed by atoms with E-state index in [-0.39, 0.29) is 35.6 Å². The number of halogens is 2. The highest BCUT2D eigenvalue weighted by molar-refractivity contribution is 6.31. The summed E-state index contributed by atoms with van der Waals surface area (Å²) in [4.78, 5) is 31.6. The Hall–Kier alpha value is -3.39. The highest BCUT2D eigenvalue weighted by Crippen LogP contribution is 2.31. The van der Waals surface area contributed by atoms with Crippen LogP contribution in [0, 0.1) is 5.82 Å². The minimum Gasteiger partial charge on any atom is -0.490 e. The van der Waals surface area contributed by atoms with Crippen molar-refractivity contribution in [1.82, 2.24) is 15.2 Å². The van der Waals surface area contributed by atoms with Crippen LogP contribution in [0.25, 0.3) is 22.2 Å². The molecule has 4 rings (SSSR count). The third-order valence-corrected chi connectivity index (χ3v) is 6.54. The fourth-order valence-electron chi connectivity index (χ4n) is 4.52. The SMILES string of the molecule is CC(C)NC(=O)Cc1cc2cc(OC3CCN(C(=O)OC(C)(C)C)CC3)ccc2nc1-c1ccc(F)c(Cl)c1. The molecule has 3 aromatic rings. The summed E-state index contributed by atoms with van der Waals surface area (Å²) in [5.41, 5.74) is 2.09. The Balaban J connectivity index is 1.55. The zero-order chi connectivity index (χ0) is 28.3. The molecule has 0 aliphatic carbocycles. The summed E-state index contributed by atoms with van der Waals surface area (Å²) in [6, 6.07) is 12.0. The van der Waals surface area contributed by atoms with E-state index in [4.69, 9.17) is 26.1 Å². The van der Waals surface area contributed by atoms with Gasteiger partial charge >= 0.3 is 6.09 Å². The van der Waals surface area contributed by atoms with Gasteiger partial charge < -0.3 is 19.7 Å². The molecule has 208 valence electrons. The number of nitrogens with zero attached hydrogens (tertiary/aromatic N) is 2. The second-order valence-corrected chi connectivity index (χ2v) is 11.6. The van der Waals surface area contributed by atoms with Crippen LogP contribution in [0.3, 0.4) is 0 Å². The average Bonchev–Trinajstić information content (AvgIpc) is 2.84. The van der Waals surface area contributed by atoms with Crippen molar-refractivity contribution in [3.63, 3.8) is 0 Å². The van der Waals surface area contributed by atoms with Crippen molar-refractivity contribution < 1.29 is 23.5 Å². The number of carbonyl (C=O) groups is 2. The maximum Gasteiger partial charge on any atom is 0.410 e. The van der Waals surface area contributed by atoms with E-state index in [1.807, 2.05) is 58.9 Å². The number of piperidine rings is 1. The monoisotopic (exact) mass is 555 g/mol. The molecular weight excluding hydrogens is 521 g/mol. The molecule has 0 spiro atoms. The van der Waals surface area contributed by atoms with Crippen LogP contribution >= 0.6 is 11.6 Å². The molecule has 7 nitrogen and oxygen atoms in total. The molecule has 2 heterocycles. The van der Waals surface area contributed by atoms with Crippen LogP contribution in [0.1, 0.15) is 53.0 Å². The minimum atomic E-state index is -0.527. The molecule has 1 aliphatic rings. The Morgan fingerprint density at radius 1 is 1.13 bits per heavy atom. The lowest BCUT2D eigenvalue weighted by Gasteiger charge is -2.33. The van der Waals surface area contributed by atoms with Gasteiger partial charge in [-0.25, -0.2) is 14.2 Å². The first-order valence-corrected chi connectivity index (χ1v) is 13.6. The molecule has 1 N–H and O–H groups in total. The number of pyridine rings is 1. The smallest absolute Gasteiger partial charge is 0.410 e. The zero-order valence-corrected chi connectivity index (χ0v) is 23.8. The summed E-state index contributed by atoms with van der Waals surface area (Å²) in [6.07, 6.45) is 1.16. The molecule has 1 fully saturated rings. The lowest BCUT2D eigenvalue weighted by Crippen LogP contribution is -2.44. The molecule has 0 atom stereocenters. The fraction of sp³-hybridized carbons (Fsp3) is 0.433. The van der Waals surface area contributed by atoms with E-state index in [0.29, 0.717) is 54.0 Å². The van der Waals surface area contributed by atoms with Crippen molar-refractivity contribution in [2.24, 2.45) is 0 Å². The number of hydrogen-bond acceptors (Lipinski definition) is 5. The average molecular weight is 556 g/mol. The molecule has 1 aromatic heterocycles. The van der Waals surface area contributed by atoms with Crippen molar-refractivity contribution >= 4 is 34.5 Å². The van der Waals surface area contributed by atoms with Crippen molar-refractivity contribution in [3.8, 4) is 17.0 Å². The largest absolute Gasteiger partial charge is 0.490 e. The lowest BCUT2D eigenvalue weighted by molar-refractivity contribution is -0.120. The number of amides is 2. The molecule has 1 saturated heterocycles. The van der Waals surface area contributed by atoms with Gasteiger partial charge in [0.25, 0.3) is 0 Å². The molecule has 1 aliphatic heterocycles. The number of fused-ring (bicyclic) bond motifs is 1. The van der Waals surface area contributed by atoms with E-state index in [0.717, 1.165) is 5.39 Å². The summed E-state index contributed by atoms with van der Waals surface area (Å²) in [5.74, 6) is 0.0407. The van der Waals surface area contributed by atoms with Gasteiger partial charge in [-0.2, -0.15) is 0 Å². The van der Waals surface area contributed by atoms with Gasteiger partial charge in [0.2, 0.25) is 5.91 Å². The van der Waals surface area contributed by atoms with Gasteiger partial charge in [-0.15, -0.1) is 0 Å². The van der Waals surface area contributed by atoms with Crippen LogP contribution in [0.4, 0.5) is 9.18 Å². The Labute approximate surface area is 233 Å². The van der Waals surface area contributed by atoms with Crippen LogP contribution < -0.4 is 10.1 Å². The van der Waals surface area contributed by atoms with Crippen LogP contribution in [0.15, 0.2) is 42.5 Å². The van der Waals surface area contributed by atoms with E-state index >= 15 is 0 Å². The minimum absolute atomic E-state index is 0.00336. The molecule has 9 heteroatoms. The molecule has 0 saturated carbocycles. The first kappa shape index (κ1) is 28.6. The summed E-state index contributed by atoms with van der Waals surface area (Å²) in [7, 11) is 0. The fourth-order valence-corrected chi connectivity index (χ4v) is 4.70. The maximum atomic E-state index is 13.8. The number of nitrogens with one attached hydrogen (secondary N) is 1. The molecule has 0 bridgehead atoms. The van der Waals surface area contributed by atoms with Crippen molar-refractivity contribution in [1.29, 1.82) is 0 Å². The highest BCUT2D eigenvalue weighted by Gasteiger charge is 2.27. The van der Waals surface area contributed by atoms with Crippen molar-refractivity contribution in [2.45, 2.75) is 71.6 Å². The van der Waals surface area contributed by atoms with Gasteiger partial charge in [0.1, 0.15) is 23.3 Å². The Morgan fingerprint density at radius 3 is 2.49 bits per heavy atom. The van der Waals surface area contributed by atoms with Crippen molar-refractivity contribution in [3.05, 3.63) is 58.9 Å². The van der Waals surface area contributed by atoms with Crippen LogP contribution in [0.2, 0.25) is 5.02 Å². The number of ether oxygens (including phenoxy) is 2. The van der Waals surface area contributed by atoms with Gasteiger partial charge in [-0.3, -0.25) is 4.79 Å². The number of aromatic nitrogens is 1. The summed E-state index contributed by atoms with van der Waals surface area (Å²) < 4.78 is 25.6. The maximum absolute atomic E-state index is 13.8. The summed E-state index contributed by atoms with van der Waals surface area (Å²) in [6.45, 7) is 10.5. The highest BCUT2D eigenvalue weighted by atomic mass is 35.5. The molecular formula is C30H35ClFN3O4. The molecule has 0 radical (unpaired) electrons. The molecule has 2 aromatic carbocycles. The number of carbonyl (C=O) groups excluding carboxylic acids is 2. The number of likely N-dealkylation sites (tertiary alicyclic amines) is 1. The third-order valence-electron chi connectivity index (χ3n) is 6.26. The summed E-state index contributed by atoms with van der Waals surface area (Å²) >= 11 is 6.05. The summed E-state index contributed by atoms with van der Waals surface area (Å²) in [5, 5.41) is 3.73. The van der Waals surface area contributed by atoms with Crippen LogP contribution in [0.5, 0.6) is 5.75 Å². The van der Waals surface area contributed by atoms with E-state index in [1.54, 1.807) is 11.0 Å². The quantitative estimate of drug-likeness (QED) is 0.373. The number of hydrogen-bond donors (Lipinski definition) is 1. The molecule has 0 unspecified atom stereocenters. The normalized spacial score (nSPS) is 14.5. The Kier molecular flexibility index (Phi) is 8.64. The molecule has 39 heavy (non-hydrogen) atoms. The lowest BCUT2D eigenvalue weighted by atomic mass is 10.00. The Bertz CT molecular complexity index is 1360. The first-order chi connectivity index (χ1) is 18.4. The molecule has 2 amide bonds. The number of rotatable bonds is 6. The topological polar surface area (TPSA) is 80.8 Å². The third kappa shape index (κ3) is 7.60. The first-order valence-electron chi connectivity index (χ1n) is 13.2. The van der Waals surface area contributed by atoms with Crippen LogP contribution in [-0.2, 0) is 16.0 Å². The van der Waals surface area contributed by atoms with Gasteiger partial charge in [-0.1, -0.05) is 11.6 Å². The van der Waals surface area contributed by atoms with E-state index in [2.05, 4.69) is 5.32 Å². The van der Waals surface area contributed by atoms with E-state index < -0.39 is 11.4 Å². The Morgan fingerprint density at radius 2 is 1.85 bits per heavy atom.